The van der Waals surface area contributed by atoms with E-state index in [1.165, 1.54) is 18.2 Å². The molecule has 1 amide bonds. The number of Topliss-reactive ketones (excluding diaryl/α,β-unsaturated/α-hetero) is 1. The molecular formula is C21H31F3N4O4. The third-order valence-electron chi connectivity index (χ3n) is 4.99. The minimum atomic E-state index is -5.08. The van der Waals surface area contributed by atoms with Crippen molar-refractivity contribution in [1.29, 1.82) is 0 Å². The molecule has 2 rings (SSSR count). The first-order chi connectivity index (χ1) is 14.8. The van der Waals surface area contributed by atoms with Gasteiger partial charge >= 0.3 is 12.1 Å². The summed E-state index contributed by atoms with van der Waals surface area (Å²) in [6.07, 6.45) is -2.74. The SMILES string of the molecule is CN(C)CCN1CCc2ccc(C(=O)CCC(=O)N(C)N)cc2CC1.O=C(O)C(F)(F)F. The van der Waals surface area contributed by atoms with Crippen molar-refractivity contribution in [3.8, 4) is 0 Å². The number of alkyl halides is 3. The highest BCUT2D eigenvalue weighted by molar-refractivity contribution is 5.98. The van der Waals surface area contributed by atoms with Crippen molar-refractivity contribution in [2.24, 2.45) is 5.84 Å². The molecule has 1 aromatic rings. The van der Waals surface area contributed by atoms with E-state index in [1.807, 2.05) is 12.1 Å². The van der Waals surface area contributed by atoms with E-state index in [1.54, 1.807) is 0 Å². The van der Waals surface area contributed by atoms with Gasteiger partial charge in [-0.25, -0.2) is 10.6 Å². The summed E-state index contributed by atoms with van der Waals surface area (Å²) in [6.45, 7) is 4.21. The fourth-order valence-corrected chi connectivity index (χ4v) is 3.05. The zero-order valence-corrected chi connectivity index (χ0v) is 18.6. The maximum Gasteiger partial charge on any atom is 0.490 e. The number of rotatable bonds is 7. The molecule has 0 radical (unpaired) electrons. The maximum absolute atomic E-state index is 12.4. The quantitative estimate of drug-likeness (QED) is 0.275. The number of ketones is 1. The minimum Gasteiger partial charge on any atom is -0.475 e. The lowest BCUT2D eigenvalue weighted by atomic mass is 9.97. The normalized spacial score (nSPS) is 14.1. The number of nitrogens with zero attached hydrogens (tertiary/aromatic N) is 3. The number of aliphatic carboxylic acids is 1. The molecule has 0 unspecified atom stereocenters. The van der Waals surface area contributed by atoms with Gasteiger partial charge in [0, 0.05) is 51.6 Å². The number of halogens is 3. The third kappa shape index (κ3) is 9.75. The Morgan fingerprint density at radius 1 is 1.06 bits per heavy atom. The highest BCUT2D eigenvalue weighted by Crippen LogP contribution is 2.19. The molecule has 180 valence electrons. The highest BCUT2D eigenvalue weighted by atomic mass is 19.4. The number of benzene rings is 1. The van der Waals surface area contributed by atoms with E-state index in [9.17, 15) is 22.8 Å². The first-order valence-corrected chi connectivity index (χ1v) is 10.1. The summed E-state index contributed by atoms with van der Waals surface area (Å²) in [5, 5.41) is 8.16. The van der Waals surface area contributed by atoms with Gasteiger partial charge in [0.15, 0.2) is 5.78 Å². The lowest BCUT2D eigenvalue weighted by Gasteiger charge is -2.21. The lowest BCUT2D eigenvalue weighted by molar-refractivity contribution is -0.192. The predicted octanol–water partition coefficient (Wildman–Crippen LogP) is 1.58. The second-order valence-corrected chi connectivity index (χ2v) is 7.86. The summed E-state index contributed by atoms with van der Waals surface area (Å²) in [4.78, 5) is 37.5. The molecule has 32 heavy (non-hydrogen) atoms. The van der Waals surface area contributed by atoms with Gasteiger partial charge in [-0.15, -0.1) is 0 Å². The Morgan fingerprint density at radius 3 is 2.12 bits per heavy atom. The van der Waals surface area contributed by atoms with Crippen LogP contribution in [0.5, 0.6) is 0 Å². The molecule has 0 saturated heterocycles. The Bertz CT molecular complexity index is 798. The van der Waals surface area contributed by atoms with Gasteiger partial charge in [-0.05, 0) is 44.1 Å². The molecule has 0 aliphatic carbocycles. The smallest absolute Gasteiger partial charge is 0.475 e. The van der Waals surface area contributed by atoms with Crippen LogP contribution in [0.4, 0.5) is 13.2 Å². The average molecular weight is 460 g/mol. The van der Waals surface area contributed by atoms with Crippen molar-refractivity contribution in [2.75, 3.05) is 47.3 Å². The number of fused-ring (bicyclic) bond motifs is 1. The van der Waals surface area contributed by atoms with E-state index >= 15 is 0 Å². The van der Waals surface area contributed by atoms with Gasteiger partial charge < -0.3 is 14.9 Å². The van der Waals surface area contributed by atoms with E-state index in [2.05, 4.69) is 30.0 Å². The van der Waals surface area contributed by atoms with Gasteiger partial charge in [0.05, 0.1) is 0 Å². The summed E-state index contributed by atoms with van der Waals surface area (Å²) in [5.74, 6) is 2.42. The van der Waals surface area contributed by atoms with Crippen molar-refractivity contribution in [3.05, 3.63) is 34.9 Å². The largest absolute Gasteiger partial charge is 0.490 e. The van der Waals surface area contributed by atoms with Crippen LogP contribution in [0.25, 0.3) is 0 Å². The van der Waals surface area contributed by atoms with Crippen LogP contribution in [0, 0.1) is 0 Å². The van der Waals surface area contributed by atoms with Gasteiger partial charge in [-0.3, -0.25) is 14.6 Å². The molecule has 0 saturated carbocycles. The number of hydrogen-bond donors (Lipinski definition) is 2. The number of likely N-dealkylation sites (N-methyl/N-ethyl adjacent to an activating group) is 1. The second-order valence-electron chi connectivity index (χ2n) is 7.86. The highest BCUT2D eigenvalue weighted by Gasteiger charge is 2.38. The molecule has 1 aliphatic heterocycles. The van der Waals surface area contributed by atoms with E-state index < -0.39 is 12.1 Å². The standard InChI is InChI=1S/C19H30N4O2.C2HF3O2/c1-21(2)12-13-23-10-8-15-4-5-17(14-16(15)9-11-23)18(24)6-7-19(25)22(3)20;3-2(4,5)1(6)7/h4-5,14H,6-13,20H2,1-3H3;(H,6,7). The summed E-state index contributed by atoms with van der Waals surface area (Å²) in [6, 6.07) is 5.99. The van der Waals surface area contributed by atoms with Crippen molar-refractivity contribution >= 4 is 17.7 Å². The molecular weight excluding hydrogens is 429 g/mol. The molecule has 11 heteroatoms. The maximum atomic E-state index is 12.4. The van der Waals surface area contributed by atoms with E-state index in [0.717, 1.165) is 44.0 Å². The molecule has 0 fully saturated rings. The molecule has 0 aromatic heterocycles. The molecule has 3 N–H and O–H groups in total. The van der Waals surface area contributed by atoms with Gasteiger partial charge in [0.2, 0.25) is 5.91 Å². The summed E-state index contributed by atoms with van der Waals surface area (Å²) in [5.41, 5.74) is 3.30. The first-order valence-electron chi connectivity index (χ1n) is 10.1. The Morgan fingerprint density at radius 2 is 1.62 bits per heavy atom. The number of carboxylic acid groups (broad SMARTS) is 1. The van der Waals surface area contributed by atoms with Crippen LogP contribution in [0.1, 0.15) is 34.3 Å². The Balaban J connectivity index is 0.000000633. The lowest BCUT2D eigenvalue weighted by Crippen LogP contribution is -2.33. The van der Waals surface area contributed by atoms with Crippen LogP contribution in [0.2, 0.25) is 0 Å². The van der Waals surface area contributed by atoms with E-state index in [0.29, 0.717) is 5.56 Å². The molecule has 0 bridgehead atoms. The number of carboxylic acids is 1. The van der Waals surface area contributed by atoms with Gasteiger partial charge in [-0.1, -0.05) is 12.1 Å². The number of carbonyl (C=O) groups excluding carboxylic acids is 2. The minimum absolute atomic E-state index is 0.00621. The van der Waals surface area contributed by atoms with E-state index in [-0.39, 0.29) is 24.5 Å². The monoisotopic (exact) mass is 460 g/mol. The van der Waals surface area contributed by atoms with Gasteiger partial charge in [0.1, 0.15) is 0 Å². The Labute approximate surface area is 185 Å². The molecule has 0 spiro atoms. The van der Waals surface area contributed by atoms with Crippen LogP contribution in [-0.4, -0.2) is 91.1 Å². The average Bonchev–Trinajstić information content (AvgIpc) is 2.91. The van der Waals surface area contributed by atoms with Gasteiger partial charge in [-0.2, -0.15) is 13.2 Å². The molecule has 1 aliphatic rings. The van der Waals surface area contributed by atoms with Crippen LogP contribution in [-0.2, 0) is 22.4 Å². The van der Waals surface area contributed by atoms with Crippen molar-refractivity contribution in [1.82, 2.24) is 14.8 Å². The zero-order valence-electron chi connectivity index (χ0n) is 18.6. The Hall–Kier alpha value is -2.50. The fraction of sp³-hybridized carbons (Fsp3) is 0.571. The zero-order chi connectivity index (χ0) is 24.5. The fourth-order valence-electron chi connectivity index (χ4n) is 3.05. The third-order valence-corrected chi connectivity index (χ3v) is 4.99. The van der Waals surface area contributed by atoms with Gasteiger partial charge in [0.25, 0.3) is 0 Å². The Kier molecular flexibility index (Phi) is 10.8. The molecule has 0 atom stereocenters. The number of carbonyl (C=O) groups is 3. The summed E-state index contributed by atoms with van der Waals surface area (Å²) >= 11 is 0. The number of hydrogen-bond acceptors (Lipinski definition) is 6. The topological polar surface area (TPSA) is 107 Å². The van der Waals surface area contributed by atoms with Crippen molar-refractivity contribution in [3.63, 3.8) is 0 Å². The number of hydrazine groups is 1. The summed E-state index contributed by atoms with van der Waals surface area (Å²) < 4.78 is 31.7. The van der Waals surface area contributed by atoms with Crippen LogP contribution >= 0.6 is 0 Å². The number of amides is 1. The predicted molar refractivity (Wildman–Crippen MR) is 113 cm³/mol. The van der Waals surface area contributed by atoms with Crippen molar-refractivity contribution < 1.29 is 32.7 Å². The van der Waals surface area contributed by atoms with Crippen LogP contribution < -0.4 is 5.84 Å². The molecule has 1 heterocycles. The first kappa shape index (κ1) is 27.5. The molecule has 1 aromatic carbocycles. The molecule has 8 nitrogen and oxygen atoms in total. The van der Waals surface area contributed by atoms with E-state index in [4.69, 9.17) is 15.7 Å². The number of nitrogens with two attached hydrogens (primary N) is 1. The van der Waals surface area contributed by atoms with Crippen LogP contribution in [0.15, 0.2) is 18.2 Å². The van der Waals surface area contributed by atoms with Crippen LogP contribution in [0.3, 0.4) is 0 Å². The second kappa shape index (κ2) is 12.5. The summed E-state index contributed by atoms with van der Waals surface area (Å²) in [7, 11) is 5.69. The van der Waals surface area contributed by atoms with Crippen molar-refractivity contribution in [2.45, 2.75) is 31.9 Å².